The molecule has 5 aromatic carbocycles. The van der Waals surface area contributed by atoms with Crippen LogP contribution in [0.3, 0.4) is 0 Å². The van der Waals surface area contributed by atoms with E-state index in [0.29, 0.717) is 62.5 Å². The van der Waals surface area contributed by atoms with E-state index in [4.69, 9.17) is 0 Å². The second-order valence-electron chi connectivity index (χ2n) is 13.3. The van der Waals surface area contributed by atoms with Crippen molar-refractivity contribution in [3.05, 3.63) is 126 Å². The molecule has 0 aliphatic rings. The molecule has 278 valence electrons. The summed E-state index contributed by atoms with van der Waals surface area (Å²) in [5.41, 5.74) is 6.44. The zero-order valence-electron chi connectivity index (χ0n) is 30.6. The number of carboxylic acids is 1. The van der Waals surface area contributed by atoms with E-state index in [2.05, 4.69) is 50.2 Å². The molecule has 13 heteroatoms. The lowest BCUT2D eigenvalue weighted by molar-refractivity contribution is 0.0698. The van der Waals surface area contributed by atoms with Gasteiger partial charge in [0.25, 0.3) is 5.91 Å². The summed E-state index contributed by atoms with van der Waals surface area (Å²) < 4.78 is 1.81. The Balaban J connectivity index is 1.05. The number of anilines is 2. The van der Waals surface area contributed by atoms with E-state index >= 15 is 0 Å². The van der Waals surface area contributed by atoms with Crippen LogP contribution in [0.4, 0.5) is 11.4 Å². The number of nitrogens with zero attached hydrogens (tertiary/aromatic N) is 7. The number of aliphatic hydroxyl groups excluding tert-OH is 1. The summed E-state index contributed by atoms with van der Waals surface area (Å²) >= 11 is 0. The predicted molar refractivity (Wildman–Crippen MR) is 211 cm³/mol. The zero-order valence-corrected chi connectivity index (χ0v) is 30.6. The fourth-order valence-corrected chi connectivity index (χ4v) is 6.39. The number of carbonyl (C=O) groups excluding carboxylic acids is 1. The minimum atomic E-state index is -1.06. The number of nitrogens with one attached hydrogen (secondary N) is 2. The Hall–Kier alpha value is -6.73. The maximum Gasteiger partial charge on any atom is 0.336 e. The number of carbonyl (C=O) groups is 2. The van der Waals surface area contributed by atoms with Crippen molar-refractivity contribution in [2.24, 2.45) is 0 Å². The lowest BCUT2D eigenvalue weighted by Crippen LogP contribution is -2.12. The first-order valence-electron chi connectivity index (χ1n) is 18.4. The third-order valence-corrected chi connectivity index (χ3v) is 9.39. The van der Waals surface area contributed by atoms with Gasteiger partial charge < -0.3 is 20.8 Å². The second kappa shape index (κ2) is 16.5. The van der Waals surface area contributed by atoms with Crippen molar-refractivity contribution in [3.63, 3.8) is 0 Å². The SMILES string of the molecule is CCCCn1cc(-c2cc(C(=O)Nc3ccc(-c4ccc(NC(O)c5cccc6c(C(=O)O)cccc56)cc4)cc3)ccc2-c2nnn(CCCC)n2)nn1. The van der Waals surface area contributed by atoms with E-state index in [1.165, 1.54) is 0 Å². The van der Waals surface area contributed by atoms with Gasteiger partial charge in [-0.2, -0.15) is 4.80 Å². The summed E-state index contributed by atoms with van der Waals surface area (Å²) in [6.07, 6.45) is 4.78. The molecule has 4 N–H and O–H groups in total. The first-order valence-corrected chi connectivity index (χ1v) is 18.4. The number of rotatable bonds is 15. The molecule has 0 radical (unpaired) electrons. The number of fused-ring (bicyclic) bond motifs is 1. The molecule has 0 saturated carbocycles. The number of tetrazole rings is 1. The number of hydrogen-bond donors (Lipinski definition) is 4. The van der Waals surface area contributed by atoms with Crippen LogP contribution in [0.2, 0.25) is 0 Å². The molecular formula is C42H41N9O4. The number of aryl methyl sites for hydroxylation is 2. The normalized spacial score (nSPS) is 11.8. The molecule has 7 rings (SSSR count). The summed E-state index contributed by atoms with van der Waals surface area (Å²) in [7, 11) is 0. The van der Waals surface area contributed by atoms with E-state index in [9.17, 15) is 19.8 Å². The molecule has 0 fully saturated rings. The fraction of sp³-hybridized carbons (Fsp3) is 0.214. The van der Waals surface area contributed by atoms with Gasteiger partial charge >= 0.3 is 5.97 Å². The largest absolute Gasteiger partial charge is 0.478 e. The van der Waals surface area contributed by atoms with Gasteiger partial charge in [-0.15, -0.1) is 15.3 Å². The maximum atomic E-state index is 13.6. The molecule has 1 amide bonds. The van der Waals surface area contributed by atoms with Crippen LogP contribution < -0.4 is 10.6 Å². The van der Waals surface area contributed by atoms with Gasteiger partial charge in [-0.25, -0.2) is 4.79 Å². The minimum absolute atomic E-state index is 0.182. The second-order valence-corrected chi connectivity index (χ2v) is 13.3. The highest BCUT2D eigenvalue weighted by Gasteiger charge is 2.19. The highest BCUT2D eigenvalue weighted by molar-refractivity contribution is 6.06. The number of aromatic carboxylic acids is 1. The molecule has 0 aliphatic heterocycles. The van der Waals surface area contributed by atoms with E-state index in [-0.39, 0.29) is 11.5 Å². The Labute approximate surface area is 317 Å². The first-order chi connectivity index (χ1) is 26.8. The minimum Gasteiger partial charge on any atom is -0.478 e. The van der Waals surface area contributed by atoms with Crippen LogP contribution in [-0.4, -0.2) is 57.3 Å². The number of hydrogen-bond acceptors (Lipinski definition) is 9. The first kappa shape index (κ1) is 36.6. The lowest BCUT2D eigenvalue weighted by atomic mass is 9.99. The van der Waals surface area contributed by atoms with Gasteiger partial charge in [0.05, 0.1) is 18.3 Å². The molecule has 0 spiro atoms. The quantitative estimate of drug-likeness (QED) is 0.0754. The molecular weight excluding hydrogens is 695 g/mol. The standard InChI is InChI=1S/C42H41N9O4/c1-3-5-23-50-26-38(45-48-50)37-25-29(17-22-34(37)39-46-49-51(47-39)24-6-4-2)40(52)43-30-18-13-27(14-19-30)28-15-20-31(21-16-28)44-41(53)35-11-7-10-33-32(35)9-8-12-36(33)42(54)55/h7-22,25-26,41,44,53H,3-6,23-24H2,1-2H3,(H,43,52)(H,54,55). The van der Waals surface area contributed by atoms with E-state index < -0.39 is 12.2 Å². The van der Waals surface area contributed by atoms with Gasteiger partial charge in [0.15, 0.2) is 6.23 Å². The molecule has 0 bridgehead atoms. The Morgan fingerprint density at radius 3 is 2.16 bits per heavy atom. The summed E-state index contributed by atoms with van der Waals surface area (Å²) in [5.74, 6) is -0.843. The van der Waals surface area contributed by atoms with E-state index in [0.717, 1.165) is 43.4 Å². The Kier molecular flexibility index (Phi) is 11.0. The average Bonchev–Trinajstić information content (AvgIpc) is 3.89. The van der Waals surface area contributed by atoms with Crippen LogP contribution in [-0.2, 0) is 13.1 Å². The summed E-state index contributed by atoms with van der Waals surface area (Å²) in [4.78, 5) is 26.9. The summed E-state index contributed by atoms with van der Waals surface area (Å²) in [6.45, 7) is 5.65. The number of unbranched alkanes of at least 4 members (excludes halogenated alkanes) is 2. The van der Waals surface area contributed by atoms with Gasteiger partial charge in [-0.1, -0.05) is 86.5 Å². The van der Waals surface area contributed by atoms with Crippen molar-refractivity contribution >= 4 is 34.0 Å². The monoisotopic (exact) mass is 735 g/mol. The van der Waals surface area contributed by atoms with Crippen molar-refractivity contribution in [2.45, 2.75) is 58.8 Å². The molecule has 2 heterocycles. The molecule has 13 nitrogen and oxygen atoms in total. The van der Waals surface area contributed by atoms with Gasteiger partial charge in [-0.05, 0) is 88.5 Å². The van der Waals surface area contributed by atoms with Crippen LogP contribution in [0.5, 0.6) is 0 Å². The third-order valence-electron chi connectivity index (χ3n) is 9.39. The Morgan fingerprint density at radius 1 is 0.745 bits per heavy atom. The van der Waals surface area contributed by atoms with Crippen molar-refractivity contribution in [3.8, 4) is 33.8 Å². The van der Waals surface area contributed by atoms with Crippen molar-refractivity contribution in [1.29, 1.82) is 0 Å². The van der Waals surface area contributed by atoms with E-state index in [1.807, 2.05) is 65.5 Å². The summed E-state index contributed by atoms with van der Waals surface area (Å²) in [5, 5.41) is 49.8. The Morgan fingerprint density at radius 2 is 1.44 bits per heavy atom. The predicted octanol–water partition coefficient (Wildman–Crippen LogP) is 8.07. The number of carboxylic acid groups (broad SMARTS) is 1. The fourth-order valence-electron chi connectivity index (χ4n) is 6.39. The molecule has 0 saturated heterocycles. The highest BCUT2D eigenvalue weighted by atomic mass is 16.4. The van der Waals surface area contributed by atoms with Gasteiger partial charge in [0.2, 0.25) is 5.82 Å². The van der Waals surface area contributed by atoms with Crippen LogP contribution in [0.25, 0.3) is 44.5 Å². The smallest absolute Gasteiger partial charge is 0.336 e. The Bertz CT molecular complexity index is 2440. The molecule has 2 aromatic heterocycles. The van der Waals surface area contributed by atoms with Crippen LogP contribution >= 0.6 is 0 Å². The zero-order chi connectivity index (χ0) is 38.3. The molecule has 7 aromatic rings. The van der Waals surface area contributed by atoms with Crippen LogP contribution in [0, 0.1) is 0 Å². The average molecular weight is 736 g/mol. The van der Waals surface area contributed by atoms with Gasteiger partial charge in [0.1, 0.15) is 5.69 Å². The van der Waals surface area contributed by atoms with Crippen molar-refractivity contribution < 1.29 is 19.8 Å². The van der Waals surface area contributed by atoms with Gasteiger partial charge in [-0.3, -0.25) is 9.48 Å². The maximum absolute atomic E-state index is 13.6. The molecule has 1 atom stereocenters. The molecule has 1 unspecified atom stereocenters. The summed E-state index contributed by atoms with van der Waals surface area (Å²) in [6, 6.07) is 30.8. The van der Waals surface area contributed by atoms with E-state index in [1.54, 1.807) is 53.3 Å². The number of aliphatic hydroxyl groups is 1. The van der Waals surface area contributed by atoms with Gasteiger partial charge in [0, 0.05) is 40.2 Å². The van der Waals surface area contributed by atoms with Crippen LogP contribution in [0.15, 0.2) is 109 Å². The topological polar surface area (TPSA) is 173 Å². The highest BCUT2D eigenvalue weighted by Crippen LogP contribution is 2.32. The van der Waals surface area contributed by atoms with Crippen molar-refractivity contribution in [1.82, 2.24) is 35.2 Å². The lowest BCUT2D eigenvalue weighted by Gasteiger charge is -2.17. The molecule has 0 aliphatic carbocycles. The molecule has 55 heavy (non-hydrogen) atoms. The van der Waals surface area contributed by atoms with Crippen molar-refractivity contribution in [2.75, 3.05) is 10.6 Å². The third kappa shape index (κ3) is 8.26. The number of amides is 1. The number of aromatic nitrogens is 7. The number of benzene rings is 5. The van der Waals surface area contributed by atoms with Crippen LogP contribution in [0.1, 0.15) is 72.0 Å².